The van der Waals surface area contributed by atoms with Crippen LogP contribution in [0.2, 0.25) is 0 Å². The Hall–Kier alpha value is 0.250. The van der Waals surface area contributed by atoms with Crippen LogP contribution in [0, 0.1) is 0 Å². The summed E-state index contributed by atoms with van der Waals surface area (Å²) < 4.78 is 0. The average Bonchev–Trinajstić information content (AvgIpc) is 1.88. The predicted molar refractivity (Wildman–Crippen MR) is 41.0 cm³/mol. The second kappa shape index (κ2) is 3.43. The summed E-state index contributed by atoms with van der Waals surface area (Å²) in [6.45, 7) is 5.69. The standard InChI is InChI=1S/C7H14ClN/c1-2-9-5-3-4-7(8)6-9/h7H,2-6H2,1H3. The van der Waals surface area contributed by atoms with Crippen LogP contribution in [0.3, 0.4) is 0 Å². The van der Waals surface area contributed by atoms with Gasteiger partial charge in [0.2, 0.25) is 0 Å². The van der Waals surface area contributed by atoms with Gasteiger partial charge in [-0.2, -0.15) is 0 Å². The smallest absolute Gasteiger partial charge is 0.0463 e. The molecule has 1 aliphatic rings. The van der Waals surface area contributed by atoms with Crippen LogP contribution in [0.1, 0.15) is 19.8 Å². The normalized spacial score (nSPS) is 30.7. The fourth-order valence-corrected chi connectivity index (χ4v) is 1.64. The summed E-state index contributed by atoms with van der Waals surface area (Å²) in [4.78, 5) is 2.40. The molecule has 0 aromatic carbocycles. The molecule has 1 fully saturated rings. The zero-order chi connectivity index (χ0) is 6.69. The number of nitrogens with zero attached hydrogens (tertiary/aromatic N) is 1. The Balaban J connectivity index is 2.23. The minimum Gasteiger partial charge on any atom is -0.302 e. The maximum atomic E-state index is 5.95. The largest absolute Gasteiger partial charge is 0.302 e. The lowest BCUT2D eigenvalue weighted by atomic mass is 10.1. The van der Waals surface area contributed by atoms with Crippen molar-refractivity contribution in [3.63, 3.8) is 0 Å². The molecule has 0 aromatic rings. The highest BCUT2D eigenvalue weighted by Gasteiger charge is 2.15. The van der Waals surface area contributed by atoms with Crippen molar-refractivity contribution >= 4 is 11.6 Å². The summed E-state index contributed by atoms with van der Waals surface area (Å²) in [5.74, 6) is 0. The number of hydrogen-bond donors (Lipinski definition) is 0. The third-order valence-electron chi connectivity index (χ3n) is 1.90. The molecule has 1 nitrogen and oxygen atoms in total. The number of piperidine rings is 1. The van der Waals surface area contributed by atoms with E-state index in [4.69, 9.17) is 11.6 Å². The lowest BCUT2D eigenvalue weighted by molar-refractivity contribution is 0.243. The highest BCUT2D eigenvalue weighted by molar-refractivity contribution is 6.20. The second-order valence-electron chi connectivity index (χ2n) is 2.63. The van der Waals surface area contributed by atoms with Crippen LogP contribution in [0.25, 0.3) is 0 Å². The SMILES string of the molecule is CCN1CCCC(Cl)C1. The Labute approximate surface area is 62.0 Å². The van der Waals surface area contributed by atoms with E-state index >= 15 is 0 Å². The van der Waals surface area contributed by atoms with Crippen LogP contribution in [-0.4, -0.2) is 29.9 Å². The zero-order valence-electron chi connectivity index (χ0n) is 5.94. The molecule has 2 heteroatoms. The molecule has 1 unspecified atom stereocenters. The van der Waals surface area contributed by atoms with Gasteiger partial charge in [-0.15, -0.1) is 11.6 Å². The maximum Gasteiger partial charge on any atom is 0.0463 e. The van der Waals surface area contributed by atoms with E-state index in [2.05, 4.69) is 11.8 Å². The molecule has 0 radical (unpaired) electrons. The molecule has 0 aromatic heterocycles. The Morgan fingerprint density at radius 2 is 2.44 bits per heavy atom. The average molecular weight is 148 g/mol. The molecule has 0 bridgehead atoms. The molecule has 9 heavy (non-hydrogen) atoms. The van der Waals surface area contributed by atoms with E-state index in [0.717, 1.165) is 13.1 Å². The van der Waals surface area contributed by atoms with Gasteiger partial charge in [-0.05, 0) is 25.9 Å². The van der Waals surface area contributed by atoms with Crippen molar-refractivity contribution in [3.8, 4) is 0 Å². The Bertz CT molecular complexity index is 85.0. The van der Waals surface area contributed by atoms with Crippen LogP contribution < -0.4 is 0 Å². The second-order valence-corrected chi connectivity index (χ2v) is 3.25. The number of alkyl halides is 1. The highest BCUT2D eigenvalue weighted by atomic mass is 35.5. The van der Waals surface area contributed by atoms with Crippen molar-refractivity contribution in [2.75, 3.05) is 19.6 Å². The molecule has 0 spiro atoms. The minimum atomic E-state index is 0.415. The Morgan fingerprint density at radius 1 is 1.67 bits per heavy atom. The molecule has 1 rings (SSSR count). The fourth-order valence-electron chi connectivity index (χ4n) is 1.29. The predicted octanol–water partition coefficient (Wildman–Crippen LogP) is 1.71. The summed E-state index contributed by atoms with van der Waals surface area (Å²) in [5, 5.41) is 0.415. The van der Waals surface area contributed by atoms with Gasteiger partial charge >= 0.3 is 0 Å². The molecule has 0 amide bonds. The molecule has 0 N–H and O–H groups in total. The zero-order valence-corrected chi connectivity index (χ0v) is 6.69. The lowest BCUT2D eigenvalue weighted by Crippen LogP contribution is -2.35. The quantitative estimate of drug-likeness (QED) is 0.511. The first-order valence-electron chi connectivity index (χ1n) is 3.69. The Kier molecular flexibility index (Phi) is 2.80. The van der Waals surface area contributed by atoms with Crippen molar-refractivity contribution in [2.24, 2.45) is 0 Å². The van der Waals surface area contributed by atoms with Crippen molar-refractivity contribution in [3.05, 3.63) is 0 Å². The molecule has 0 saturated carbocycles. The van der Waals surface area contributed by atoms with Gasteiger partial charge in [0.05, 0.1) is 0 Å². The first-order chi connectivity index (χ1) is 4.33. The van der Waals surface area contributed by atoms with Crippen LogP contribution in [0.15, 0.2) is 0 Å². The summed E-state index contributed by atoms with van der Waals surface area (Å²) in [6, 6.07) is 0. The van der Waals surface area contributed by atoms with Gasteiger partial charge in [0, 0.05) is 11.9 Å². The number of rotatable bonds is 1. The van der Waals surface area contributed by atoms with Gasteiger partial charge < -0.3 is 4.90 Å². The highest BCUT2D eigenvalue weighted by Crippen LogP contribution is 2.13. The molecule has 1 atom stereocenters. The molecule has 1 heterocycles. The van der Waals surface area contributed by atoms with E-state index in [1.54, 1.807) is 0 Å². The molecule has 0 aliphatic carbocycles. The first kappa shape index (κ1) is 7.36. The van der Waals surface area contributed by atoms with Crippen LogP contribution in [-0.2, 0) is 0 Å². The summed E-state index contributed by atoms with van der Waals surface area (Å²) in [5.41, 5.74) is 0. The number of halogens is 1. The van der Waals surface area contributed by atoms with Crippen molar-refractivity contribution < 1.29 is 0 Å². The summed E-state index contributed by atoms with van der Waals surface area (Å²) in [7, 11) is 0. The minimum absolute atomic E-state index is 0.415. The van der Waals surface area contributed by atoms with Crippen molar-refractivity contribution in [1.82, 2.24) is 4.90 Å². The van der Waals surface area contributed by atoms with Gasteiger partial charge in [-0.3, -0.25) is 0 Å². The van der Waals surface area contributed by atoms with Crippen LogP contribution >= 0.6 is 11.6 Å². The van der Waals surface area contributed by atoms with E-state index in [1.807, 2.05) is 0 Å². The van der Waals surface area contributed by atoms with E-state index < -0.39 is 0 Å². The van der Waals surface area contributed by atoms with Gasteiger partial charge in [0.15, 0.2) is 0 Å². The molecule has 1 aliphatic heterocycles. The summed E-state index contributed by atoms with van der Waals surface area (Å²) in [6.07, 6.45) is 2.49. The maximum absolute atomic E-state index is 5.95. The Morgan fingerprint density at radius 3 is 2.89 bits per heavy atom. The number of hydrogen-bond acceptors (Lipinski definition) is 1. The molecular formula is C7H14ClN. The van der Waals surface area contributed by atoms with Gasteiger partial charge in [0.1, 0.15) is 0 Å². The van der Waals surface area contributed by atoms with E-state index in [-0.39, 0.29) is 0 Å². The van der Waals surface area contributed by atoms with Crippen LogP contribution in [0.4, 0.5) is 0 Å². The first-order valence-corrected chi connectivity index (χ1v) is 4.13. The number of likely N-dealkylation sites (tertiary alicyclic amines) is 1. The lowest BCUT2D eigenvalue weighted by Gasteiger charge is -2.28. The van der Waals surface area contributed by atoms with Gasteiger partial charge in [0.25, 0.3) is 0 Å². The van der Waals surface area contributed by atoms with E-state index in [1.165, 1.54) is 19.4 Å². The topological polar surface area (TPSA) is 3.24 Å². The van der Waals surface area contributed by atoms with Crippen molar-refractivity contribution in [1.29, 1.82) is 0 Å². The third-order valence-corrected chi connectivity index (χ3v) is 2.25. The van der Waals surface area contributed by atoms with Gasteiger partial charge in [-0.1, -0.05) is 6.92 Å². The molecule has 1 saturated heterocycles. The van der Waals surface area contributed by atoms with Crippen LogP contribution in [0.5, 0.6) is 0 Å². The third kappa shape index (κ3) is 2.15. The van der Waals surface area contributed by atoms with Gasteiger partial charge in [-0.25, -0.2) is 0 Å². The van der Waals surface area contributed by atoms with Crippen molar-refractivity contribution in [2.45, 2.75) is 25.1 Å². The molecular weight excluding hydrogens is 134 g/mol. The fraction of sp³-hybridized carbons (Fsp3) is 1.00. The molecule has 54 valence electrons. The monoisotopic (exact) mass is 147 g/mol. The van der Waals surface area contributed by atoms with E-state index in [0.29, 0.717) is 5.38 Å². The van der Waals surface area contributed by atoms with E-state index in [9.17, 15) is 0 Å². The summed E-state index contributed by atoms with van der Waals surface area (Å²) >= 11 is 5.95.